The normalized spacial score (nSPS) is 14.7. The molecule has 0 unspecified atom stereocenters. The van der Waals surface area contributed by atoms with Crippen LogP contribution in [0.2, 0.25) is 0 Å². The molecule has 4 aromatic rings. The first-order chi connectivity index (χ1) is 18.7. The van der Waals surface area contributed by atoms with Gasteiger partial charge in [-0.1, -0.05) is 6.07 Å². The summed E-state index contributed by atoms with van der Waals surface area (Å²) in [6, 6.07) is 10.1. The zero-order chi connectivity index (χ0) is 27.6. The number of rotatable bonds is 8. The second-order valence-electron chi connectivity index (χ2n) is 9.76. The number of carbonyl (C=O) groups is 1. The zero-order valence-electron chi connectivity index (χ0n) is 22.0. The molecule has 0 aliphatic carbocycles. The molecule has 1 amide bonds. The first-order valence-corrected chi connectivity index (χ1v) is 14.6. The molecule has 1 aliphatic heterocycles. The highest BCUT2D eigenvalue weighted by molar-refractivity contribution is 7.90. The van der Waals surface area contributed by atoms with Crippen LogP contribution < -0.4 is 4.74 Å². The van der Waals surface area contributed by atoms with Crippen LogP contribution in [0.25, 0.3) is 16.7 Å². The minimum absolute atomic E-state index is 0.0997. The molecule has 4 heterocycles. The molecule has 0 saturated carbocycles. The Kier molecular flexibility index (Phi) is 7.58. The molecule has 0 atom stereocenters. The summed E-state index contributed by atoms with van der Waals surface area (Å²) >= 11 is 0. The Morgan fingerprint density at radius 1 is 1.03 bits per heavy atom. The predicted octanol–water partition coefficient (Wildman–Crippen LogP) is 3.22. The highest BCUT2D eigenvalue weighted by Crippen LogP contribution is 2.27. The molecular weight excluding hydrogens is 520 g/mol. The van der Waals surface area contributed by atoms with E-state index >= 15 is 0 Å². The summed E-state index contributed by atoms with van der Waals surface area (Å²) in [4.78, 5) is 28.0. The van der Waals surface area contributed by atoms with Gasteiger partial charge in [-0.25, -0.2) is 23.1 Å². The molecule has 1 aromatic carbocycles. The first kappa shape index (κ1) is 26.7. The molecule has 204 valence electrons. The molecule has 1 saturated heterocycles. The van der Waals surface area contributed by atoms with Gasteiger partial charge in [0.1, 0.15) is 23.5 Å². The number of nitrogens with zero attached hydrogens (tertiary/aromatic N) is 6. The summed E-state index contributed by atoms with van der Waals surface area (Å²) in [5.41, 5.74) is 2.56. The van der Waals surface area contributed by atoms with Gasteiger partial charge in [-0.3, -0.25) is 9.78 Å². The van der Waals surface area contributed by atoms with Crippen LogP contribution >= 0.6 is 0 Å². The molecule has 39 heavy (non-hydrogen) atoms. The average Bonchev–Trinajstić information content (AvgIpc) is 3.37. The Bertz CT molecular complexity index is 1560. The number of piperidine rings is 1. The molecule has 11 nitrogen and oxygen atoms in total. The molecule has 5 rings (SSSR count). The van der Waals surface area contributed by atoms with E-state index in [-0.39, 0.29) is 23.0 Å². The number of likely N-dealkylation sites (tertiary alicyclic amines) is 1. The Morgan fingerprint density at radius 3 is 2.41 bits per heavy atom. The van der Waals surface area contributed by atoms with E-state index in [4.69, 9.17) is 9.47 Å². The molecule has 0 radical (unpaired) electrons. The monoisotopic (exact) mass is 550 g/mol. The van der Waals surface area contributed by atoms with Gasteiger partial charge in [0.05, 0.1) is 29.5 Å². The van der Waals surface area contributed by atoms with Crippen LogP contribution in [0.5, 0.6) is 5.88 Å². The summed E-state index contributed by atoms with van der Waals surface area (Å²) in [6.07, 6.45) is 7.22. The number of sulfone groups is 1. The highest BCUT2D eigenvalue weighted by atomic mass is 32.2. The van der Waals surface area contributed by atoms with Gasteiger partial charge in [-0.2, -0.15) is 5.10 Å². The van der Waals surface area contributed by atoms with Crippen molar-refractivity contribution >= 4 is 26.8 Å². The second-order valence-corrected chi connectivity index (χ2v) is 11.8. The van der Waals surface area contributed by atoms with Crippen molar-refractivity contribution in [1.82, 2.24) is 29.6 Å². The smallest absolute Gasteiger partial charge is 0.272 e. The fraction of sp³-hybridized carbons (Fsp3) is 0.370. The lowest BCUT2D eigenvalue weighted by Gasteiger charge is -2.31. The number of pyridine rings is 1. The molecule has 3 aromatic heterocycles. The van der Waals surface area contributed by atoms with Crippen molar-refractivity contribution in [2.24, 2.45) is 0 Å². The first-order valence-electron chi connectivity index (χ1n) is 12.7. The maximum absolute atomic E-state index is 13.0. The van der Waals surface area contributed by atoms with Gasteiger partial charge in [0.15, 0.2) is 15.5 Å². The largest absolute Gasteiger partial charge is 0.474 e. The van der Waals surface area contributed by atoms with Gasteiger partial charge < -0.3 is 14.4 Å². The van der Waals surface area contributed by atoms with Crippen LogP contribution in [-0.2, 0) is 21.2 Å². The number of benzene rings is 1. The van der Waals surface area contributed by atoms with Gasteiger partial charge in [-0.05, 0) is 49.7 Å². The minimum Gasteiger partial charge on any atom is -0.474 e. The van der Waals surface area contributed by atoms with Gasteiger partial charge in [0, 0.05) is 38.4 Å². The van der Waals surface area contributed by atoms with E-state index in [2.05, 4.69) is 20.1 Å². The summed E-state index contributed by atoms with van der Waals surface area (Å²) in [6.45, 7) is 5.51. The maximum atomic E-state index is 13.0. The van der Waals surface area contributed by atoms with Gasteiger partial charge in [0.25, 0.3) is 5.91 Å². The Labute approximate surface area is 226 Å². The lowest BCUT2D eigenvalue weighted by molar-refractivity contribution is 0.0582. The highest BCUT2D eigenvalue weighted by Gasteiger charge is 2.26. The van der Waals surface area contributed by atoms with E-state index in [0.717, 1.165) is 5.56 Å². The summed E-state index contributed by atoms with van der Waals surface area (Å²) < 4.78 is 37.0. The van der Waals surface area contributed by atoms with Gasteiger partial charge >= 0.3 is 0 Å². The fourth-order valence-electron chi connectivity index (χ4n) is 4.34. The van der Waals surface area contributed by atoms with E-state index in [1.165, 1.54) is 24.7 Å². The van der Waals surface area contributed by atoms with E-state index < -0.39 is 9.84 Å². The number of ether oxygens (including phenoxy) is 2. The van der Waals surface area contributed by atoms with Crippen LogP contribution in [0.1, 0.15) is 42.7 Å². The van der Waals surface area contributed by atoms with Crippen molar-refractivity contribution < 1.29 is 22.7 Å². The van der Waals surface area contributed by atoms with E-state index in [1.807, 2.05) is 19.9 Å². The second kappa shape index (κ2) is 11.1. The standard InChI is InChI=1S/C27H30N6O5S/c1-18(2)37-16-19-4-9-24(28-14-19)27(34)32-12-10-21(11-13-32)38-26-23-15-31-33(25(23)29-17-30-26)20-5-7-22(8-6-20)39(3,35)36/h4-9,14-15,17-18,21H,10-13,16H2,1-3H3. The predicted molar refractivity (Wildman–Crippen MR) is 143 cm³/mol. The third kappa shape index (κ3) is 6.07. The Balaban J connectivity index is 1.22. The summed E-state index contributed by atoms with van der Waals surface area (Å²) in [7, 11) is -3.29. The summed E-state index contributed by atoms with van der Waals surface area (Å²) in [5, 5.41) is 5.07. The molecule has 0 spiro atoms. The SMILES string of the molecule is CC(C)OCc1ccc(C(=O)N2CCC(Oc3ncnc4c3cnn4-c3ccc(S(C)(=O)=O)cc3)CC2)nc1. The lowest BCUT2D eigenvalue weighted by atomic mass is 10.1. The van der Waals surface area contributed by atoms with Crippen LogP contribution in [0.15, 0.2) is 60.0 Å². The van der Waals surface area contributed by atoms with Gasteiger partial charge in [0.2, 0.25) is 5.88 Å². The molecule has 1 aliphatic rings. The zero-order valence-corrected chi connectivity index (χ0v) is 22.8. The molecule has 1 fully saturated rings. The van der Waals surface area contributed by atoms with Crippen molar-refractivity contribution in [1.29, 1.82) is 0 Å². The lowest BCUT2D eigenvalue weighted by Crippen LogP contribution is -2.42. The van der Waals surface area contributed by atoms with E-state index in [0.29, 0.717) is 60.8 Å². The molecular formula is C27H30N6O5S. The Hall–Kier alpha value is -3.90. The molecule has 0 bridgehead atoms. The topological polar surface area (TPSA) is 129 Å². The quantitative estimate of drug-likeness (QED) is 0.325. The van der Waals surface area contributed by atoms with Crippen molar-refractivity contribution in [3.8, 4) is 11.6 Å². The number of fused-ring (bicyclic) bond motifs is 1. The third-order valence-electron chi connectivity index (χ3n) is 6.47. The average molecular weight is 551 g/mol. The third-order valence-corrected chi connectivity index (χ3v) is 7.60. The van der Waals surface area contributed by atoms with Crippen molar-refractivity contribution in [2.75, 3.05) is 19.3 Å². The van der Waals surface area contributed by atoms with Crippen LogP contribution in [0, 0.1) is 0 Å². The Morgan fingerprint density at radius 2 is 1.77 bits per heavy atom. The minimum atomic E-state index is -3.29. The maximum Gasteiger partial charge on any atom is 0.272 e. The number of hydrogen-bond acceptors (Lipinski definition) is 9. The number of aromatic nitrogens is 5. The molecule has 0 N–H and O–H groups in total. The van der Waals surface area contributed by atoms with Crippen LogP contribution in [-0.4, -0.2) is 75.5 Å². The van der Waals surface area contributed by atoms with Crippen molar-refractivity contribution in [2.45, 2.75) is 50.4 Å². The van der Waals surface area contributed by atoms with E-state index in [9.17, 15) is 13.2 Å². The number of amides is 1. The van der Waals surface area contributed by atoms with Crippen LogP contribution in [0.4, 0.5) is 0 Å². The van der Waals surface area contributed by atoms with Gasteiger partial charge in [-0.15, -0.1) is 0 Å². The fourth-order valence-corrected chi connectivity index (χ4v) is 4.97. The van der Waals surface area contributed by atoms with Crippen molar-refractivity contribution in [3.05, 3.63) is 66.4 Å². The summed E-state index contributed by atoms with van der Waals surface area (Å²) in [5.74, 6) is 0.321. The van der Waals surface area contributed by atoms with Crippen molar-refractivity contribution in [3.63, 3.8) is 0 Å². The van der Waals surface area contributed by atoms with Crippen LogP contribution in [0.3, 0.4) is 0 Å². The number of carbonyl (C=O) groups excluding carboxylic acids is 1. The molecule has 12 heteroatoms. The van der Waals surface area contributed by atoms with E-state index in [1.54, 1.807) is 40.2 Å². The number of hydrogen-bond donors (Lipinski definition) is 0.